The van der Waals surface area contributed by atoms with E-state index in [4.69, 9.17) is 9.47 Å². The fourth-order valence-corrected chi connectivity index (χ4v) is 2.51. The molecule has 1 aliphatic rings. The Morgan fingerprint density at radius 2 is 1.88 bits per heavy atom. The molecule has 1 rings (SSSR count). The fraction of sp³-hybridized carbons (Fsp3) is 0.882. The van der Waals surface area contributed by atoms with Gasteiger partial charge in [-0.15, -0.1) is 0 Å². The van der Waals surface area contributed by atoms with Crippen molar-refractivity contribution in [2.45, 2.75) is 52.2 Å². The maximum atomic E-state index is 12.0. The van der Waals surface area contributed by atoms with Crippen LogP contribution in [0.25, 0.3) is 0 Å². The van der Waals surface area contributed by atoms with Crippen LogP contribution in [-0.4, -0.2) is 68.4 Å². The Labute approximate surface area is 145 Å². The van der Waals surface area contributed by atoms with Crippen molar-refractivity contribution in [3.05, 3.63) is 0 Å². The van der Waals surface area contributed by atoms with E-state index in [1.165, 1.54) is 0 Å². The number of likely N-dealkylation sites (tertiary alicyclic amines) is 1. The van der Waals surface area contributed by atoms with E-state index in [0.29, 0.717) is 32.2 Å². The van der Waals surface area contributed by atoms with Crippen molar-refractivity contribution in [3.8, 4) is 0 Å². The summed E-state index contributed by atoms with van der Waals surface area (Å²) in [4.78, 5) is 25.7. The molecule has 1 aliphatic heterocycles. The average Bonchev–Trinajstić information content (AvgIpc) is 2.51. The zero-order valence-electron chi connectivity index (χ0n) is 15.7. The largest absolute Gasteiger partial charge is 0.444 e. The Bertz CT molecular complexity index is 401. The highest BCUT2D eigenvalue weighted by Gasteiger charge is 2.27. The van der Waals surface area contributed by atoms with Gasteiger partial charge in [-0.25, -0.2) is 4.79 Å². The lowest BCUT2D eigenvalue weighted by Gasteiger charge is -2.33. The van der Waals surface area contributed by atoms with Crippen LogP contribution in [0.1, 0.15) is 40.5 Å². The Balaban J connectivity index is 2.24. The van der Waals surface area contributed by atoms with Crippen molar-refractivity contribution in [1.82, 2.24) is 15.5 Å². The second kappa shape index (κ2) is 9.84. The predicted molar refractivity (Wildman–Crippen MR) is 92.9 cm³/mol. The molecule has 0 radical (unpaired) electrons. The van der Waals surface area contributed by atoms with Gasteiger partial charge in [0.1, 0.15) is 5.60 Å². The maximum Gasteiger partial charge on any atom is 0.410 e. The summed E-state index contributed by atoms with van der Waals surface area (Å²) in [5, 5.41) is 6.09. The Morgan fingerprint density at radius 3 is 2.42 bits per heavy atom. The SMILES string of the molecule is COCCNC(=O)C(C)NCC1CCN(C(=O)OC(C)(C)C)CC1. The molecule has 0 bridgehead atoms. The monoisotopic (exact) mass is 343 g/mol. The molecule has 1 atom stereocenters. The minimum Gasteiger partial charge on any atom is -0.444 e. The van der Waals surface area contributed by atoms with Crippen LogP contribution in [0.4, 0.5) is 4.79 Å². The van der Waals surface area contributed by atoms with Crippen LogP contribution in [0, 0.1) is 5.92 Å². The summed E-state index contributed by atoms with van der Waals surface area (Å²) in [5.74, 6) is 0.455. The van der Waals surface area contributed by atoms with Crippen LogP contribution in [0.15, 0.2) is 0 Å². The van der Waals surface area contributed by atoms with Crippen molar-refractivity contribution in [1.29, 1.82) is 0 Å². The molecule has 0 aliphatic carbocycles. The molecule has 0 aromatic carbocycles. The first kappa shape index (κ1) is 20.7. The van der Waals surface area contributed by atoms with Gasteiger partial charge < -0.3 is 25.0 Å². The first-order valence-electron chi connectivity index (χ1n) is 8.71. The van der Waals surface area contributed by atoms with Gasteiger partial charge in [-0.3, -0.25) is 4.79 Å². The van der Waals surface area contributed by atoms with Gasteiger partial charge >= 0.3 is 6.09 Å². The molecule has 7 heteroatoms. The number of hydrogen-bond donors (Lipinski definition) is 2. The van der Waals surface area contributed by atoms with Crippen molar-refractivity contribution in [2.75, 3.05) is 39.9 Å². The van der Waals surface area contributed by atoms with Crippen LogP contribution in [-0.2, 0) is 14.3 Å². The molecule has 1 saturated heterocycles. The Kier molecular flexibility index (Phi) is 8.48. The summed E-state index contributed by atoms with van der Waals surface area (Å²) in [6, 6.07) is -0.231. The van der Waals surface area contributed by atoms with Gasteiger partial charge in [0.15, 0.2) is 0 Å². The lowest BCUT2D eigenvalue weighted by molar-refractivity contribution is -0.123. The van der Waals surface area contributed by atoms with Crippen molar-refractivity contribution in [2.24, 2.45) is 5.92 Å². The molecule has 1 heterocycles. The highest BCUT2D eigenvalue weighted by molar-refractivity contribution is 5.81. The second-order valence-electron chi connectivity index (χ2n) is 7.32. The van der Waals surface area contributed by atoms with Gasteiger partial charge in [-0.1, -0.05) is 0 Å². The molecule has 0 saturated carbocycles. The van der Waals surface area contributed by atoms with E-state index in [9.17, 15) is 9.59 Å². The van der Waals surface area contributed by atoms with Crippen LogP contribution in [0.2, 0.25) is 0 Å². The zero-order chi connectivity index (χ0) is 18.2. The molecule has 2 amide bonds. The average molecular weight is 343 g/mol. The smallest absolute Gasteiger partial charge is 0.410 e. The number of carbonyl (C=O) groups excluding carboxylic acids is 2. The molecule has 1 unspecified atom stereocenters. The van der Waals surface area contributed by atoms with Gasteiger partial charge in [0.25, 0.3) is 0 Å². The maximum absolute atomic E-state index is 12.0. The number of methoxy groups -OCH3 is 1. The summed E-state index contributed by atoms with van der Waals surface area (Å²) < 4.78 is 10.3. The fourth-order valence-electron chi connectivity index (χ4n) is 2.51. The molecule has 0 aromatic heterocycles. The third-order valence-electron chi connectivity index (χ3n) is 3.98. The minimum absolute atomic E-state index is 0.0155. The lowest BCUT2D eigenvalue weighted by Crippen LogP contribution is -2.47. The van der Waals surface area contributed by atoms with Crippen LogP contribution in [0.3, 0.4) is 0 Å². The van der Waals surface area contributed by atoms with Crippen LogP contribution in [0.5, 0.6) is 0 Å². The molecule has 140 valence electrons. The normalized spacial score (nSPS) is 17.5. The van der Waals surface area contributed by atoms with E-state index in [1.807, 2.05) is 27.7 Å². The molecule has 0 aromatic rings. The summed E-state index contributed by atoms with van der Waals surface area (Å²) >= 11 is 0. The quantitative estimate of drug-likeness (QED) is 0.683. The number of ether oxygens (including phenoxy) is 2. The van der Waals surface area contributed by atoms with Gasteiger partial charge in [0.05, 0.1) is 12.6 Å². The zero-order valence-corrected chi connectivity index (χ0v) is 15.7. The Morgan fingerprint density at radius 1 is 1.25 bits per heavy atom. The number of carbonyl (C=O) groups is 2. The third-order valence-corrected chi connectivity index (χ3v) is 3.98. The molecule has 7 nitrogen and oxygen atoms in total. The summed E-state index contributed by atoms with van der Waals surface area (Å²) in [7, 11) is 1.61. The lowest BCUT2D eigenvalue weighted by atomic mass is 9.97. The van der Waals surface area contributed by atoms with E-state index in [-0.39, 0.29) is 18.0 Å². The number of hydrogen-bond acceptors (Lipinski definition) is 5. The van der Waals surface area contributed by atoms with E-state index in [1.54, 1.807) is 12.0 Å². The highest BCUT2D eigenvalue weighted by atomic mass is 16.6. The second-order valence-corrected chi connectivity index (χ2v) is 7.32. The molecule has 0 spiro atoms. The first-order chi connectivity index (χ1) is 11.2. The summed E-state index contributed by atoms with van der Waals surface area (Å²) in [6.07, 6.45) is 1.61. The molecule has 24 heavy (non-hydrogen) atoms. The van der Waals surface area contributed by atoms with Crippen molar-refractivity contribution >= 4 is 12.0 Å². The molecule has 2 N–H and O–H groups in total. The van der Waals surface area contributed by atoms with Gasteiger partial charge in [-0.05, 0) is 53.0 Å². The molecular formula is C17H33N3O4. The molecule has 1 fully saturated rings. The predicted octanol–water partition coefficient (Wildman–Crippen LogP) is 1.37. The summed E-state index contributed by atoms with van der Waals surface area (Å²) in [6.45, 7) is 10.7. The summed E-state index contributed by atoms with van der Waals surface area (Å²) in [5.41, 5.74) is -0.457. The number of rotatable bonds is 7. The van der Waals surface area contributed by atoms with Crippen molar-refractivity contribution < 1.29 is 19.1 Å². The van der Waals surface area contributed by atoms with E-state index in [2.05, 4.69) is 10.6 Å². The standard InChI is InChI=1S/C17H33N3O4/c1-13(15(21)18-8-11-23-5)19-12-14-6-9-20(10-7-14)16(22)24-17(2,3)4/h13-14,19H,6-12H2,1-5H3,(H,18,21). The molecular weight excluding hydrogens is 310 g/mol. The van der Waals surface area contributed by atoms with Crippen LogP contribution < -0.4 is 10.6 Å². The van der Waals surface area contributed by atoms with Crippen molar-refractivity contribution in [3.63, 3.8) is 0 Å². The van der Waals surface area contributed by atoms with Gasteiger partial charge in [-0.2, -0.15) is 0 Å². The van der Waals surface area contributed by atoms with Gasteiger partial charge in [0, 0.05) is 26.7 Å². The topological polar surface area (TPSA) is 79.9 Å². The number of amides is 2. The number of nitrogens with zero attached hydrogens (tertiary/aromatic N) is 1. The number of piperidine rings is 1. The first-order valence-corrected chi connectivity index (χ1v) is 8.71. The van der Waals surface area contributed by atoms with E-state index >= 15 is 0 Å². The van der Waals surface area contributed by atoms with Gasteiger partial charge in [0.2, 0.25) is 5.91 Å². The third kappa shape index (κ3) is 7.97. The minimum atomic E-state index is -0.457. The highest BCUT2D eigenvalue weighted by Crippen LogP contribution is 2.19. The van der Waals surface area contributed by atoms with E-state index in [0.717, 1.165) is 19.4 Å². The number of nitrogens with one attached hydrogen (secondary N) is 2. The van der Waals surface area contributed by atoms with E-state index < -0.39 is 5.60 Å². The Hall–Kier alpha value is -1.34. The van der Waals surface area contributed by atoms with Crippen LogP contribution >= 0.6 is 0 Å².